The van der Waals surface area contributed by atoms with Crippen LogP contribution in [0.4, 0.5) is 10.5 Å². The van der Waals surface area contributed by atoms with E-state index in [2.05, 4.69) is 48.8 Å². The van der Waals surface area contributed by atoms with Crippen molar-refractivity contribution in [1.82, 2.24) is 19.3 Å². The average molecular weight is 492 g/mol. The Bertz CT molecular complexity index is 1280. The van der Waals surface area contributed by atoms with Crippen LogP contribution in [0.3, 0.4) is 0 Å². The van der Waals surface area contributed by atoms with Gasteiger partial charge in [-0.3, -0.25) is 14.4 Å². The summed E-state index contributed by atoms with van der Waals surface area (Å²) in [6, 6.07) is 4.53. The van der Waals surface area contributed by atoms with Gasteiger partial charge < -0.3 is 9.30 Å². The zero-order chi connectivity index (χ0) is 25.6. The molecule has 0 bridgehead atoms. The molecule has 3 aromatic rings. The summed E-state index contributed by atoms with van der Waals surface area (Å²) < 4.78 is 9.47. The molecular formula is C28H37N5O3. The van der Waals surface area contributed by atoms with E-state index in [1.54, 1.807) is 11.8 Å². The van der Waals surface area contributed by atoms with Gasteiger partial charge in [-0.2, -0.15) is 5.10 Å². The van der Waals surface area contributed by atoms with Gasteiger partial charge in [0, 0.05) is 29.8 Å². The van der Waals surface area contributed by atoms with Crippen LogP contribution in [-0.2, 0) is 22.5 Å². The van der Waals surface area contributed by atoms with E-state index in [1.165, 1.54) is 12.7 Å². The maximum absolute atomic E-state index is 12.6. The minimum absolute atomic E-state index is 0.0735. The van der Waals surface area contributed by atoms with Gasteiger partial charge in [-0.15, -0.1) is 0 Å². The summed E-state index contributed by atoms with van der Waals surface area (Å²) in [7, 11) is 1.43. The molecule has 8 heteroatoms. The average Bonchev–Trinajstić information content (AvgIpc) is 3.48. The van der Waals surface area contributed by atoms with Crippen LogP contribution in [0.5, 0.6) is 0 Å². The van der Waals surface area contributed by atoms with E-state index in [9.17, 15) is 9.59 Å². The van der Waals surface area contributed by atoms with Crippen molar-refractivity contribution in [3.05, 3.63) is 41.5 Å². The summed E-state index contributed by atoms with van der Waals surface area (Å²) in [4.78, 5) is 31.6. The monoisotopic (exact) mass is 491 g/mol. The Morgan fingerprint density at radius 3 is 2.53 bits per heavy atom. The first-order chi connectivity index (χ1) is 17.3. The van der Waals surface area contributed by atoms with Gasteiger partial charge in [0.1, 0.15) is 11.6 Å². The zero-order valence-electron chi connectivity index (χ0n) is 22.0. The Morgan fingerprint density at radius 1 is 1.14 bits per heavy atom. The largest absolute Gasteiger partial charge is 0.452 e. The fourth-order valence-corrected chi connectivity index (χ4v) is 5.99. The number of carbonyl (C=O) groups excluding carboxylic acids is 2. The first-order valence-corrected chi connectivity index (χ1v) is 13.2. The SMILES string of the molecule is COC(=O)N1c2ccc3c(nc(Cn4cc(C(C)C)cn4)n3C3CCC(C(C)=O)CC3)c2CC[C@@H]1C. The topological polar surface area (TPSA) is 82.2 Å². The number of ether oxygens (including phenoxy) is 1. The molecule has 3 heterocycles. The highest BCUT2D eigenvalue weighted by Gasteiger charge is 2.33. The van der Waals surface area contributed by atoms with Crippen LogP contribution in [-0.4, -0.2) is 44.4 Å². The number of anilines is 1. The van der Waals surface area contributed by atoms with Crippen LogP contribution in [0.25, 0.3) is 11.0 Å². The Hall–Kier alpha value is -3.16. The molecule has 0 unspecified atom stereocenters. The highest BCUT2D eigenvalue weighted by atomic mass is 16.5. The number of ketones is 1. The molecule has 1 atom stereocenters. The molecular weight excluding hydrogens is 454 g/mol. The van der Waals surface area contributed by atoms with E-state index in [4.69, 9.17) is 9.72 Å². The van der Waals surface area contributed by atoms with Crippen molar-refractivity contribution in [2.24, 2.45) is 5.92 Å². The number of hydrogen-bond donors (Lipinski definition) is 0. The maximum Gasteiger partial charge on any atom is 0.414 e. The van der Waals surface area contributed by atoms with Crippen LogP contribution in [0.2, 0.25) is 0 Å². The summed E-state index contributed by atoms with van der Waals surface area (Å²) in [5, 5.41) is 4.62. The molecule has 1 aliphatic heterocycles. The summed E-state index contributed by atoms with van der Waals surface area (Å²) in [6.07, 6.45) is 9.20. The smallest absolute Gasteiger partial charge is 0.414 e. The molecule has 36 heavy (non-hydrogen) atoms. The van der Waals surface area contributed by atoms with Gasteiger partial charge in [0.05, 0.1) is 36.6 Å². The van der Waals surface area contributed by atoms with Crippen LogP contribution < -0.4 is 4.90 Å². The van der Waals surface area contributed by atoms with E-state index in [-0.39, 0.29) is 24.1 Å². The number of carbonyl (C=O) groups is 2. The number of nitrogens with zero attached hydrogens (tertiary/aromatic N) is 5. The number of methoxy groups -OCH3 is 1. The fraction of sp³-hybridized carbons (Fsp3) is 0.571. The van der Waals surface area contributed by atoms with E-state index >= 15 is 0 Å². The number of rotatable bonds is 5. The van der Waals surface area contributed by atoms with Crippen LogP contribution in [0.15, 0.2) is 24.5 Å². The molecule has 5 rings (SSSR count). The predicted octanol–water partition coefficient (Wildman–Crippen LogP) is 5.63. The normalized spacial score (nSPS) is 22.2. The van der Waals surface area contributed by atoms with Crippen molar-refractivity contribution in [2.45, 2.75) is 90.8 Å². The fourth-order valence-electron chi connectivity index (χ4n) is 5.99. The third-order valence-electron chi connectivity index (χ3n) is 8.16. The first-order valence-electron chi connectivity index (χ1n) is 13.2. The molecule has 0 radical (unpaired) electrons. The second-order valence-electron chi connectivity index (χ2n) is 10.8. The summed E-state index contributed by atoms with van der Waals surface area (Å²) in [5.74, 6) is 1.86. The van der Waals surface area contributed by atoms with E-state index in [0.29, 0.717) is 18.2 Å². The van der Waals surface area contributed by atoms with Gasteiger partial charge in [0.15, 0.2) is 0 Å². The molecule has 2 aliphatic rings. The van der Waals surface area contributed by atoms with E-state index in [1.807, 2.05) is 10.9 Å². The number of Topliss-reactive ketones (excluding diaryl/α,β-unsaturated/α-hetero) is 1. The molecule has 0 N–H and O–H groups in total. The summed E-state index contributed by atoms with van der Waals surface area (Å²) in [6.45, 7) is 8.70. The lowest BCUT2D eigenvalue weighted by Crippen LogP contribution is -2.42. The summed E-state index contributed by atoms with van der Waals surface area (Å²) in [5.41, 5.74) is 5.28. The number of hydrogen-bond acceptors (Lipinski definition) is 5. The molecule has 2 aromatic heterocycles. The minimum Gasteiger partial charge on any atom is -0.452 e. The Kier molecular flexibility index (Phi) is 6.62. The van der Waals surface area contributed by atoms with Gasteiger partial charge in [-0.25, -0.2) is 9.78 Å². The van der Waals surface area contributed by atoms with Gasteiger partial charge in [0.25, 0.3) is 0 Å². The lowest BCUT2D eigenvalue weighted by atomic mass is 9.83. The van der Waals surface area contributed by atoms with Crippen molar-refractivity contribution in [3.8, 4) is 0 Å². The number of aromatic nitrogens is 4. The third-order valence-corrected chi connectivity index (χ3v) is 8.16. The molecule has 1 aromatic carbocycles. The predicted molar refractivity (Wildman–Crippen MR) is 139 cm³/mol. The second kappa shape index (κ2) is 9.71. The third kappa shape index (κ3) is 4.31. The highest BCUT2D eigenvalue weighted by molar-refractivity contribution is 5.95. The van der Waals surface area contributed by atoms with Crippen molar-refractivity contribution in [3.63, 3.8) is 0 Å². The Labute approximate surface area is 212 Å². The highest BCUT2D eigenvalue weighted by Crippen LogP contribution is 2.40. The molecule has 1 fully saturated rings. The first kappa shape index (κ1) is 24.5. The minimum atomic E-state index is -0.331. The molecule has 0 spiro atoms. The molecule has 1 amide bonds. The maximum atomic E-state index is 12.6. The number of fused-ring (bicyclic) bond motifs is 3. The van der Waals surface area contributed by atoms with Crippen LogP contribution in [0, 0.1) is 5.92 Å². The quantitative estimate of drug-likeness (QED) is 0.462. The second-order valence-corrected chi connectivity index (χ2v) is 10.8. The molecule has 1 aliphatic carbocycles. The Balaban J connectivity index is 1.60. The molecule has 192 valence electrons. The molecule has 0 saturated heterocycles. The van der Waals surface area contributed by atoms with Gasteiger partial charge >= 0.3 is 6.09 Å². The van der Waals surface area contributed by atoms with Gasteiger partial charge in [-0.1, -0.05) is 13.8 Å². The molecule has 8 nitrogen and oxygen atoms in total. The van der Waals surface area contributed by atoms with Crippen molar-refractivity contribution < 1.29 is 14.3 Å². The lowest BCUT2D eigenvalue weighted by molar-refractivity contribution is -0.121. The number of imidazole rings is 1. The van der Waals surface area contributed by atoms with Crippen LogP contribution >= 0.6 is 0 Å². The van der Waals surface area contributed by atoms with E-state index in [0.717, 1.165) is 66.6 Å². The number of benzene rings is 1. The number of aryl methyl sites for hydroxylation is 1. The number of amides is 1. The van der Waals surface area contributed by atoms with Crippen molar-refractivity contribution in [2.75, 3.05) is 12.0 Å². The standard InChI is InChI=1S/C28H37N5O3/c1-17(2)21-14-29-31(15-21)16-26-30-27-23-11-6-18(3)32(28(35)36-5)24(23)12-13-25(27)33(26)22-9-7-20(8-10-22)19(4)34/h12-15,17-18,20,22H,6-11,16H2,1-5H3/t18-,20?,22?/m0/s1. The Morgan fingerprint density at radius 2 is 1.89 bits per heavy atom. The summed E-state index contributed by atoms with van der Waals surface area (Å²) >= 11 is 0. The van der Waals surface area contributed by atoms with E-state index < -0.39 is 0 Å². The zero-order valence-corrected chi connectivity index (χ0v) is 22.0. The molecule has 1 saturated carbocycles. The van der Waals surface area contributed by atoms with Crippen molar-refractivity contribution in [1.29, 1.82) is 0 Å². The lowest BCUT2D eigenvalue weighted by Gasteiger charge is -2.34. The van der Waals surface area contributed by atoms with Crippen molar-refractivity contribution >= 4 is 28.6 Å². The van der Waals surface area contributed by atoms with Crippen LogP contribution in [0.1, 0.15) is 88.7 Å². The van der Waals surface area contributed by atoms with Gasteiger partial charge in [-0.05, 0) is 76.0 Å². The van der Waals surface area contributed by atoms with Gasteiger partial charge in [0.2, 0.25) is 0 Å².